The van der Waals surface area contributed by atoms with Gasteiger partial charge in [0.25, 0.3) is 0 Å². The molecule has 1 aromatic heterocycles. The minimum absolute atomic E-state index is 0.731. The second-order valence-electron chi connectivity index (χ2n) is 5.22. The molecule has 3 rings (SSSR count). The molecule has 120 valence electrons. The summed E-state index contributed by atoms with van der Waals surface area (Å²) in [4.78, 5) is 6.19. The first-order chi connectivity index (χ1) is 11.8. The van der Waals surface area contributed by atoms with E-state index in [9.17, 15) is 0 Å². The third-order valence-corrected chi connectivity index (χ3v) is 3.62. The van der Waals surface area contributed by atoms with Gasteiger partial charge in [-0.25, -0.2) is 0 Å². The molecule has 0 saturated carbocycles. The predicted octanol–water partition coefficient (Wildman–Crippen LogP) is 3.41. The lowest BCUT2D eigenvalue weighted by Gasteiger charge is -2.22. The summed E-state index contributed by atoms with van der Waals surface area (Å²) in [6, 6.07) is 9.59. The summed E-state index contributed by atoms with van der Waals surface area (Å²) in [6.45, 7) is 0.731. The number of benzene rings is 1. The molecule has 0 aliphatic carbocycles. The molecule has 0 fully saturated rings. The number of rotatable bonds is 3. The minimum atomic E-state index is 0.731. The Kier molecular flexibility index (Phi) is 4.83. The fraction of sp³-hybridized carbons (Fsp3) is 0.150. The van der Waals surface area contributed by atoms with E-state index in [0.29, 0.717) is 0 Å². The highest BCUT2D eigenvalue weighted by Gasteiger charge is 2.07. The van der Waals surface area contributed by atoms with Crippen molar-refractivity contribution in [1.29, 1.82) is 0 Å². The Bertz CT molecular complexity index is 807. The molecule has 0 spiro atoms. The van der Waals surface area contributed by atoms with Crippen LogP contribution in [0.5, 0.6) is 11.5 Å². The van der Waals surface area contributed by atoms with E-state index < -0.39 is 0 Å². The van der Waals surface area contributed by atoms with Gasteiger partial charge in [0.1, 0.15) is 11.5 Å². The standard InChI is InChI=1S/C20H18N2O2/c1-23-19-12-17(13-20(14-19)24-2)6-5-16-4-3-11-22(15-16)18-7-9-21-10-8-18/h3-4,7-14H,15H2,1-2H3. The fourth-order valence-corrected chi connectivity index (χ4v) is 2.38. The van der Waals surface area contributed by atoms with Crippen molar-refractivity contribution in [2.24, 2.45) is 0 Å². The molecule has 0 bridgehead atoms. The molecule has 0 unspecified atom stereocenters. The van der Waals surface area contributed by atoms with Crippen LogP contribution in [0, 0.1) is 11.8 Å². The summed E-state index contributed by atoms with van der Waals surface area (Å²) in [5.74, 6) is 7.88. The van der Waals surface area contributed by atoms with Crippen LogP contribution in [0.3, 0.4) is 0 Å². The van der Waals surface area contributed by atoms with Crippen LogP contribution in [0.4, 0.5) is 5.69 Å². The van der Waals surface area contributed by atoms with E-state index in [1.807, 2.05) is 48.7 Å². The number of hydrogen-bond donors (Lipinski definition) is 0. The summed E-state index contributed by atoms with van der Waals surface area (Å²) in [5, 5.41) is 0. The minimum Gasteiger partial charge on any atom is -0.497 e. The molecular formula is C20H18N2O2. The highest BCUT2D eigenvalue weighted by Crippen LogP contribution is 2.22. The number of allylic oxidation sites excluding steroid dienone is 2. The van der Waals surface area contributed by atoms with Gasteiger partial charge in [0.2, 0.25) is 0 Å². The molecule has 0 amide bonds. The van der Waals surface area contributed by atoms with Crippen molar-refractivity contribution in [3.05, 3.63) is 72.2 Å². The maximum absolute atomic E-state index is 5.28. The van der Waals surface area contributed by atoms with Crippen molar-refractivity contribution < 1.29 is 9.47 Å². The van der Waals surface area contributed by atoms with Gasteiger partial charge < -0.3 is 14.4 Å². The lowest BCUT2D eigenvalue weighted by Crippen LogP contribution is -2.20. The average molecular weight is 318 g/mol. The maximum Gasteiger partial charge on any atom is 0.123 e. The number of anilines is 1. The van der Waals surface area contributed by atoms with Gasteiger partial charge in [-0.1, -0.05) is 11.8 Å². The van der Waals surface area contributed by atoms with Gasteiger partial charge in [0, 0.05) is 41.5 Å². The Balaban J connectivity index is 1.79. The number of hydrogen-bond acceptors (Lipinski definition) is 4. The quantitative estimate of drug-likeness (QED) is 0.812. The third-order valence-electron chi connectivity index (χ3n) is 3.62. The van der Waals surface area contributed by atoms with E-state index in [0.717, 1.165) is 34.9 Å². The molecule has 2 aromatic rings. The Morgan fingerprint density at radius 2 is 1.71 bits per heavy atom. The molecule has 0 N–H and O–H groups in total. The van der Waals surface area contributed by atoms with Gasteiger partial charge in [0.05, 0.1) is 20.8 Å². The summed E-state index contributed by atoms with van der Waals surface area (Å²) in [6.07, 6.45) is 9.64. The first kappa shape index (κ1) is 15.7. The normalized spacial score (nSPS) is 12.9. The topological polar surface area (TPSA) is 34.6 Å². The third kappa shape index (κ3) is 3.76. The molecular weight excluding hydrogens is 300 g/mol. The zero-order valence-electron chi connectivity index (χ0n) is 13.7. The van der Waals surface area contributed by atoms with Crippen molar-refractivity contribution in [2.75, 3.05) is 25.7 Å². The van der Waals surface area contributed by atoms with E-state index in [1.165, 1.54) is 0 Å². The fourth-order valence-electron chi connectivity index (χ4n) is 2.38. The van der Waals surface area contributed by atoms with E-state index >= 15 is 0 Å². The average Bonchev–Trinajstić information content (AvgIpc) is 2.67. The summed E-state index contributed by atoms with van der Waals surface area (Å²) in [5.41, 5.74) is 2.99. The van der Waals surface area contributed by atoms with Crippen LogP contribution in [0.2, 0.25) is 0 Å². The molecule has 0 saturated heterocycles. The van der Waals surface area contributed by atoms with Gasteiger partial charge in [0.15, 0.2) is 0 Å². The van der Waals surface area contributed by atoms with E-state index in [-0.39, 0.29) is 0 Å². The number of aromatic nitrogens is 1. The summed E-state index contributed by atoms with van der Waals surface area (Å²) >= 11 is 0. The first-order valence-corrected chi connectivity index (χ1v) is 7.57. The molecule has 1 aromatic carbocycles. The Morgan fingerprint density at radius 3 is 2.38 bits per heavy atom. The molecule has 1 aliphatic rings. The molecule has 0 atom stereocenters. The van der Waals surface area contributed by atoms with Crippen LogP contribution < -0.4 is 14.4 Å². The molecule has 4 heteroatoms. The summed E-state index contributed by atoms with van der Waals surface area (Å²) < 4.78 is 10.6. The number of ether oxygens (including phenoxy) is 2. The molecule has 1 aliphatic heterocycles. The van der Waals surface area contributed by atoms with Crippen LogP contribution in [0.15, 0.2) is 66.7 Å². The maximum atomic E-state index is 5.28. The van der Waals surface area contributed by atoms with E-state index in [2.05, 4.69) is 21.7 Å². The van der Waals surface area contributed by atoms with Crippen molar-refractivity contribution in [3.63, 3.8) is 0 Å². The van der Waals surface area contributed by atoms with Crippen LogP contribution in [0.1, 0.15) is 5.56 Å². The Morgan fingerprint density at radius 1 is 1.00 bits per heavy atom. The van der Waals surface area contributed by atoms with Crippen molar-refractivity contribution in [2.45, 2.75) is 0 Å². The van der Waals surface area contributed by atoms with E-state index in [1.54, 1.807) is 26.6 Å². The number of nitrogens with zero attached hydrogens (tertiary/aromatic N) is 2. The predicted molar refractivity (Wildman–Crippen MR) is 95.2 cm³/mol. The zero-order chi connectivity index (χ0) is 16.8. The summed E-state index contributed by atoms with van der Waals surface area (Å²) in [7, 11) is 3.26. The highest BCUT2D eigenvalue weighted by molar-refractivity contribution is 5.55. The van der Waals surface area contributed by atoms with Gasteiger partial charge in [-0.15, -0.1) is 0 Å². The Labute approximate surface area is 142 Å². The smallest absolute Gasteiger partial charge is 0.123 e. The van der Waals surface area contributed by atoms with Gasteiger partial charge in [-0.3, -0.25) is 4.98 Å². The molecule has 2 heterocycles. The largest absolute Gasteiger partial charge is 0.497 e. The van der Waals surface area contributed by atoms with Crippen LogP contribution in [-0.2, 0) is 0 Å². The van der Waals surface area contributed by atoms with E-state index in [4.69, 9.17) is 9.47 Å². The van der Waals surface area contributed by atoms with Crippen LogP contribution in [0.25, 0.3) is 0 Å². The number of pyridine rings is 1. The first-order valence-electron chi connectivity index (χ1n) is 7.57. The van der Waals surface area contributed by atoms with Crippen LogP contribution >= 0.6 is 0 Å². The van der Waals surface area contributed by atoms with Crippen LogP contribution in [-0.4, -0.2) is 25.7 Å². The SMILES string of the molecule is COc1cc(C#CC2=CC=CN(c3ccncc3)C2)cc(OC)c1. The lowest BCUT2D eigenvalue weighted by atomic mass is 10.1. The van der Waals surface area contributed by atoms with Crippen molar-refractivity contribution >= 4 is 5.69 Å². The van der Waals surface area contributed by atoms with Crippen molar-refractivity contribution in [1.82, 2.24) is 4.98 Å². The molecule has 4 nitrogen and oxygen atoms in total. The second-order valence-corrected chi connectivity index (χ2v) is 5.22. The van der Waals surface area contributed by atoms with Gasteiger partial charge in [-0.2, -0.15) is 0 Å². The van der Waals surface area contributed by atoms with Gasteiger partial charge >= 0.3 is 0 Å². The second kappa shape index (κ2) is 7.38. The lowest BCUT2D eigenvalue weighted by molar-refractivity contribution is 0.394. The van der Waals surface area contributed by atoms with Gasteiger partial charge in [-0.05, 0) is 36.4 Å². The Hall–Kier alpha value is -3.19. The number of methoxy groups -OCH3 is 2. The monoisotopic (exact) mass is 318 g/mol. The molecule has 0 radical (unpaired) electrons. The highest BCUT2D eigenvalue weighted by atomic mass is 16.5. The van der Waals surface area contributed by atoms with Crippen molar-refractivity contribution in [3.8, 4) is 23.3 Å². The zero-order valence-corrected chi connectivity index (χ0v) is 13.7. The molecule has 24 heavy (non-hydrogen) atoms.